The molecule has 0 spiro atoms. The summed E-state index contributed by atoms with van der Waals surface area (Å²) in [6, 6.07) is 3.32. The van der Waals surface area contributed by atoms with Gasteiger partial charge in [0, 0.05) is 38.3 Å². The van der Waals surface area contributed by atoms with Crippen LogP contribution in [0.5, 0.6) is 0 Å². The molecule has 1 aromatic rings. The summed E-state index contributed by atoms with van der Waals surface area (Å²) in [7, 11) is 0. The van der Waals surface area contributed by atoms with E-state index < -0.39 is 6.04 Å². The van der Waals surface area contributed by atoms with Crippen LogP contribution >= 0.6 is 0 Å². The highest BCUT2D eigenvalue weighted by Crippen LogP contribution is 2.12. The van der Waals surface area contributed by atoms with Gasteiger partial charge in [-0.25, -0.2) is 0 Å². The highest BCUT2D eigenvalue weighted by molar-refractivity contribution is 5.88. The Balaban J connectivity index is 1.98. The van der Waals surface area contributed by atoms with E-state index in [4.69, 9.17) is 0 Å². The van der Waals surface area contributed by atoms with Crippen LogP contribution < -0.4 is 5.32 Å². The molecular weight excluding hydrogens is 290 g/mol. The molecule has 1 atom stereocenters. The first-order valence-electron chi connectivity index (χ1n) is 8.67. The zero-order valence-electron chi connectivity index (χ0n) is 14.0. The Morgan fingerprint density at radius 2 is 1.91 bits per heavy atom. The fourth-order valence-corrected chi connectivity index (χ4v) is 2.91. The van der Waals surface area contributed by atoms with Crippen molar-refractivity contribution in [3.8, 4) is 0 Å². The van der Waals surface area contributed by atoms with Crippen LogP contribution in [-0.2, 0) is 16.0 Å². The number of hydrogen-bond donors (Lipinski definition) is 1. The van der Waals surface area contributed by atoms with Crippen molar-refractivity contribution >= 4 is 11.8 Å². The van der Waals surface area contributed by atoms with Crippen molar-refractivity contribution < 1.29 is 9.59 Å². The Bertz CT molecular complexity index is 498. The van der Waals surface area contributed by atoms with Gasteiger partial charge in [0.15, 0.2) is 0 Å². The third-order valence-electron chi connectivity index (χ3n) is 4.25. The summed E-state index contributed by atoms with van der Waals surface area (Å²) in [5, 5.41) is 2.95. The second-order valence-electron chi connectivity index (χ2n) is 6.17. The molecule has 0 radical (unpaired) electrons. The first-order chi connectivity index (χ1) is 11.2. The zero-order chi connectivity index (χ0) is 16.5. The highest BCUT2D eigenvalue weighted by atomic mass is 16.2. The molecule has 126 valence electrons. The van der Waals surface area contributed by atoms with E-state index in [0.29, 0.717) is 12.8 Å². The van der Waals surface area contributed by atoms with Crippen molar-refractivity contribution in [1.29, 1.82) is 0 Å². The molecule has 5 nitrogen and oxygen atoms in total. The van der Waals surface area contributed by atoms with Gasteiger partial charge in [-0.2, -0.15) is 0 Å². The molecule has 23 heavy (non-hydrogen) atoms. The van der Waals surface area contributed by atoms with E-state index >= 15 is 0 Å². The molecule has 2 heterocycles. The summed E-state index contributed by atoms with van der Waals surface area (Å²) in [5.74, 6) is 0.0215. The number of likely N-dealkylation sites (tertiary alicyclic amines) is 1. The van der Waals surface area contributed by atoms with E-state index in [1.54, 1.807) is 12.4 Å². The van der Waals surface area contributed by atoms with Gasteiger partial charge in [-0.15, -0.1) is 0 Å². The summed E-state index contributed by atoms with van der Waals surface area (Å²) < 4.78 is 0. The van der Waals surface area contributed by atoms with Gasteiger partial charge >= 0.3 is 0 Å². The maximum Gasteiger partial charge on any atom is 0.245 e. The number of nitrogens with one attached hydrogen (secondary N) is 1. The number of unbranched alkanes of at least 4 members (excludes halogenated alkanes) is 2. The summed E-state index contributed by atoms with van der Waals surface area (Å²) in [6.45, 7) is 3.72. The van der Waals surface area contributed by atoms with Crippen LogP contribution in [0.15, 0.2) is 24.5 Å². The van der Waals surface area contributed by atoms with Crippen LogP contribution in [0.2, 0.25) is 0 Å². The SMILES string of the molecule is CCCCCC(=O)N[C@H](Cc1ccncc1)C(=O)N1CCCC1. The average Bonchev–Trinajstić information content (AvgIpc) is 3.09. The third kappa shape index (κ3) is 5.66. The lowest BCUT2D eigenvalue weighted by molar-refractivity contribution is -0.135. The number of pyridine rings is 1. The summed E-state index contributed by atoms with van der Waals surface area (Å²) in [4.78, 5) is 30.7. The van der Waals surface area contributed by atoms with Crippen molar-refractivity contribution in [3.63, 3.8) is 0 Å². The lowest BCUT2D eigenvalue weighted by Gasteiger charge is -2.24. The molecule has 2 amide bonds. The van der Waals surface area contributed by atoms with Crippen molar-refractivity contribution in [1.82, 2.24) is 15.2 Å². The molecular formula is C18H27N3O2. The molecule has 1 N–H and O–H groups in total. The molecule has 0 aliphatic carbocycles. The number of hydrogen-bond acceptors (Lipinski definition) is 3. The Morgan fingerprint density at radius 1 is 1.22 bits per heavy atom. The number of carbonyl (C=O) groups excluding carboxylic acids is 2. The number of aromatic nitrogens is 1. The highest BCUT2D eigenvalue weighted by Gasteiger charge is 2.27. The van der Waals surface area contributed by atoms with Gasteiger partial charge in [-0.1, -0.05) is 19.8 Å². The lowest BCUT2D eigenvalue weighted by Crippen LogP contribution is -2.48. The predicted octanol–water partition coefficient (Wildman–Crippen LogP) is 2.31. The van der Waals surface area contributed by atoms with Crippen molar-refractivity contribution in [2.45, 2.75) is 57.9 Å². The Kier molecular flexibility index (Phi) is 7.04. The molecule has 2 rings (SSSR count). The topological polar surface area (TPSA) is 62.3 Å². The quantitative estimate of drug-likeness (QED) is 0.748. The van der Waals surface area contributed by atoms with Crippen LogP contribution in [0.25, 0.3) is 0 Å². The minimum absolute atomic E-state index is 0.0231. The van der Waals surface area contributed by atoms with Gasteiger partial charge in [0.2, 0.25) is 11.8 Å². The van der Waals surface area contributed by atoms with Gasteiger partial charge in [-0.05, 0) is 37.0 Å². The van der Waals surface area contributed by atoms with E-state index in [-0.39, 0.29) is 11.8 Å². The molecule has 1 fully saturated rings. The molecule has 1 aliphatic heterocycles. The van der Waals surface area contributed by atoms with Crippen molar-refractivity contribution in [3.05, 3.63) is 30.1 Å². The largest absolute Gasteiger partial charge is 0.344 e. The Hall–Kier alpha value is -1.91. The van der Waals surface area contributed by atoms with Gasteiger partial charge in [0.1, 0.15) is 6.04 Å². The van der Waals surface area contributed by atoms with E-state index in [1.165, 1.54) is 0 Å². The van der Waals surface area contributed by atoms with Crippen molar-refractivity contribution in [2.75, 3.05) is 13.1 Å². The number of amides is 2. The van der Waals surface area contributed by atoms with E-state index in [1.807, 2.05) is 17.0 Å². The van der Waals surface area contributed by atoms with Crippen LogP contribution in [-0.4, -0.2) is 40.8 Å². The number of carbonyl (C=O) groups is 2. The summed E-state index contributed by atoms with van der Waals surface area (Å²) >= 11 is 0. The summed E-state index contributed by atoms with van der Waals surface area (Å²) in [5.41, 5.74) is 1.02. The average molecular weight is 317 g/mol. The molecule has 0 aromatic carbocycles. The second kappa shape index (κ2) is 9.28. The van der Waals surface area contributed by atoms with Crippen LogP contribution in [0.1, 0.15) is 51.0 Å². The Morgan fingerprint density at radius 3 is 2.57 bits per heavy atom. The maximum absolute atomic E-state index is 12.7. The molecule has 1 saturated heterocycles. The third-order valence-corrected chi connectivity index (χ3v) is 4.25. The van der Waals surface area contributed by atoms with E-state index in [9.17, 15) is 9.59 Å². The van der Waals surface area contributed by atoms with Gasteiger partial charge in [0.25, 0.3) is 0 Å². The number of nitrogens with zero attached hydrogens (tertiary/aromatic N) is 2. The number of rotatable bonds is 8. The fraction of sp³-hybridized carbons (Fsp3) is 0.611. The normalized spacial score (nSPS) is 15.4. The van der Waals surface area contributed by atoms with Crippen molar-refractivity contribution in [2.24, 2.45) is 0 Å². The molecule has 1 aliphatic rings. The van der Waals surface area contributed by atoms with E-state index in [0.717, 1.165) is 50.8 Å². The smallest absolute Gasteiger partial charge is 0.245 e. The molecule has 1 aromatic heterocycles. The van der Waals surface area contributed by atoms with Gasteiger partial charge < -0.3 is 10.2 Å². The van der Waals surface area contributed by atoms with Gasteiger partial charge in [0.05, 0.1) is 0 Å². The van der Waals surface area contributed by atoms with Crippen LogP contribution in [0.3, 0.4) is 0 Å². The summed E-state index contributed by atoms with van der Waals surface area (Å²) in [6.07, 6.45) is 9.57. The predicted molar refractivity (Wildman–Crippen MR) is 89.8 cm³/mol. The minimum Gasteiger partial charge on any atom is -0.344 e. The maximum atomic E-state index is 12.7. The van der Waals surface area contributed by atoms with Crippen LogP contribution in [0.4, 0.5) is 0 Å². The van der Waals surface area contributed by atoms with Gasteiger partial charge in [-0.3, -0.25) is 14.6 Å². The first-order valence-corrected chi connectivity index (χ1v) is 8.67. The first kappa shape index (κ1) is 17.4. The molecule has 5 heteroatoms. The molecule has 0 saturated carbocycles. The molecule has 0 bridgehead atoms. The van der Waals surface area contributed by atoms with Crippen LogP contribution in [0, 0.1) is 0 Å². The monoisotopic (exact) mass is 317 g/mol. The Labute approximate surface area is 138 Å². The zero-order valence-corrected chi connectivity index (χ0v) is 14.0. The lowest BCUT2D eigenvalue weighted by atomic mass is 10.1. The minimum atomic E-state index is -0.468. The molecule has 0 unspecified atom stereocenters. The van der Waals surface area contributed by atoms with E-state index in [2.05, 4.69) is 17.2 Å². The second-order valence-corrected chi connectivity index (χ2v) is 6.17. The standard InChI is InChI=1S/C18H27N3O2/c1-2-3-4-7-17(22)20-16(14-15-8-10-19-11-9-15)18(23)21-12-5-6-13-21/h8-11,16H,2-7,12-14H2,1H3,(H,20,22)/t16-/m1/s1. The fourth-order valence-electron chi connectivity index (χ4n) is 2.91.